The first-order chi connectivity index (χ1) is 17.6. The van der Waals surface area contributed by atoms with Crippen LogP contribution in [0.1, 0.15) is 16.3 Å². The molecule has 17 heteroatoms. The lowest BCUT2D eigenvalue weighted by atomic mass is 10.0. The summed E-state index contributed by atoms with van der Waals surface area (Å²) in [7, 11) is 1.26. The Balaban J connectivity index is 1.47. The number of thioether (sulfide) groups is 2. The molecule has 4 heterocycles. The molecule has 2 atom stereocenters. The van der Waals surface area contributed by atoms with E-state index in [1.54, 1.807) is 6.92 Å². The van der Waals surface area contributed by atoms with Gasteiger partial charge in [-0.25, -0.2) is 14.8 Å². The summed E-state index contributed by atoms with van der Waals surface area (Å²) in [5.41, 5.74) is 6.70. The molecule has 2 aromatic rings. The van der Waals surface area contributed by atoms with Gasteiger partial charge in [0, 0.05) is 21.8 Å². The number of hydrogen-bond acceptors (Lipinski definition) is 13. The zero-order valence-corrected chi connectivity index (χ0v) is 22.6. The highest BCUT2D eigenvalue weighted by atomic mass is 32.2. The number of amides is 2. The van der Waals surface area contributed by atoms with Crippen molar-refractivity contribution in [1.82, 2.24) is 20.2 Å². The van der Waals surface area contributed by atoms with Gasteiger partial charge >= 0.3 is 11.9 Å². The largest absolute Gasteiger partial charge is 0.481 e. The Morgan fingerprint density at radius 1 is 1.35 bits per heavy atom. The maximum Gasteiger partial charge on any atom is 0.352 e. The minimum atomic E-state index is -1.25. The van der Waals surface area contributed by atoms with Crippen molar-refractivity contribution in [3.63, 3.8) is 0 Å². The van der Waals surface area contributed by atoms with Crippen LogP contribution in [0.3, 0.4) is 0 Å². The number of carboxylic acids is 2. The van der Waals surface area contributed by atoms with Crippen molar-refractivity contribution < 1.29 is 34.2 Å². The summed E-state index contributed by atoms with van der Waals surface area (Å²) in [5, 5.41) is 26.3. The van der Waals surface area contributed by atoms with E-state index in [4.69, 9.17) is 15.7 Å². The molecule has 0 saturated carbocycles. The summed E-state index contributed by atoms with van der Waals surface area (Å²) >= 11 is 4.98. The van der Waals surface area contributed by atoms with Gasteiger partial charge < -0.3 is 26.1 Å². The van der Waals surface area contributed by atoms with Gasteiger partial charge in [-0.1, -0.05) is 16.9 Å². The first-order valence-corrected chi connectivity index (χ1v) is 14.2. The summed E-state index contributed by atoms with van der Waals surface area (Å²) in [6.07, 6.45) is -0.132. The number of aryl methyl sites for hydroxylation is 1. The van der Waals surface area contributed by atoms with E-state index in [1.165, 1.54) is 52.3 Å². The van der Waals surface area contributed by atoms with Gasteiger partial charge in [0.1, 0.15) is 29.9 Å². The Bertz CT molecular complexity index is 1340. The molecule has 2 aliphatic rings. The van der Waals surface area contributed by atoms with Crippen LogP contribution in [0.5, 0.6) is 0 Å². The number of nitrogens with two attached hydrogens (primary N) is 1. The first-order valence-electron chi connectivity index (χ1n) is 10.4. The van der Waals surface area contributed by atoms with Crippen molar-refractivity contribution in [3.8, 4) is 0 Å². The van der Waals surface area contributed by atoms with Gasteiger partial charge in [0.15, 0.2) is 15.2 Å². The van der Waals surface area contributed by atoms with Gasteiger partial charge in [-0.3, -0.25) is 19.3 Å². The molecule has 1 unspecified atom stereocenters. The molecule has 196 valence electrons. The standard InChI is InChI=1S/C20H20N6O7S4/c1-7-10(3-11(27)28)37-20(22-7)36-5-8-4-34-17-13(16(30)26(17)14(8)18(31)32)24-15(29)12(25-33-2)9-6-35-19(21)23-9/h6,13,17H,3-5H2,1-2H3,(H2,21,23)(H,24,29)(H,27,28)(H,31,32)/b25-12+/t13?,17-/m1/s1. The number of oxime groups is 1. The lowest BCUT2D eigenvalue weighted by Gasteiger charge is -2.49. The number of nitrogens with zero attached hydrogens (tertiary/aromatic N) is 4. The predicted octanol–water partition coefficient (Wildman–Crippen LogP) is 0.999. The smallest absolute Gasteiger partial charge is 0.352 e. The third kappa shape index (κ3) is 5.58. The number of anilines is 1. The summed E-state index contributed by atoms with van der Waals surface area (Å²) < 4.78 is 0.617. The molecule has 2 amide bonds. The fraction of sp³-hybridized carbons (Fsp3) is 0.350. The van der Waals surface area contributed by atoms with E-state index in [0.29, 0.717) is 26.2 Å². The number of carbonyl (C=O) groups is 4. The van der Waals surface area contributed by atoms with Crippen molar-refractivity contribution in [2.75, 3.05) is 24.3 Å². The Hall–Kier alpha value is -3.15. The van der Waals surface area contributed by atoms with Gasteiger partial charge in [-0.2, -0.15) is 0 Å². The molecule has 0 aromatic carbocycles. The number of β-lactam (4-membered cyclic amide) rings is 1. The zero-order chi connectivity index (χ0) is 26.9. The summed E-state index contributed by atoms with van der Waals surface area (Å²) in [6, 6.07) is -0.959. The second-order valence-corrected chi connectivity index (χ2v) is 12.0. The lowest BCUT2D eigenvalue weighted by molar-refractivity contribution is -0.150. The van der Waals surface area contributed by atoms with Gasteiger partial charge in [-0.05, 0) is 12.5 Å². The Kier molecular flexibility index (Phi) is 8.05. The molecule has 2 aromatic heterocycles. The van der Waals surface area contributed by atoms with E-state index >= 15 is 0 Å². The van der Waals surface area contributed by atoms with E-state index in [1.807, 2.05) is 0 Å². The third-order valence-electron chi connectivity index (χ3n) is 5.25. The van der Waals surface area contributed by atoms with Crippen LogP contribution in [-0.2, 0) is 30.4 Å². The average molecular weight is 585 g/mol. The van der Waals surface area contributed by atoms with Crippen LogP contribution >= 0.6 is 46.2 Å². The van der Waals surface area contributed by atoms with Crippen LogP contribution in [0, 0.1) is 6.92 Å². The quantitative estimate of drug-likeness (QED) is 0.134. The number of carbonyl (C=O) groups excluding carboxylic acids is 2. The minimum absolute atomic E-state index is 0.121. The average Bonchev–Trinajstić information content (AvgIpc) is 3.42. The normalized spacial score (nSPS) is 19.4. The Morgan fingerprint density at radius 2 is 2.11 bits per heavy atom. The van der Waals surface area contributed by atoms with E-state index in [0.717, 1.165) is 11.3 Å². The van der Waals surface area contributed by atoms with Crippen molar-refractivity contribution in [1.29, 1.82) is 0 Å². The SMILES string of the molecule is CO/N=C(/C(=O)NC1C(=O)N2C(C(=O)O)=C(CSc3nc(C)c(CC(=O)O)s3)CS[C@H]12)c1csc(N)n1. The van der Waals surface area contributed by atoms with Crippen LogP contribution in [0.25, 0.3) is 0 Å². The molecule has 1 saturated heterocycles. The number of fused-ring (bicyclic) bond motifs is 1. The highest BCUT2D eigenvalue weighted by Crippen LogP contribution is 2.42. The number of hydrogen-bond donors (Lipinski definition) is 4. The molecule has 2 aliphatic heterocycles. The van der Waals surface area contributed by atoms with Gasteiger partial charge in [0.2, 0.25) is 0 Å². The Morgan fingerprint density at radius 3 is 2.73 bits per heavy atom. The maximum absolute atomic E-state index is 13.0. The van der Waals surface area contributed by atoms with E-state index in [9.17, 15) is 24.3 Å². The van der Waals surface area contributed by atoms with Crippen molar-refractivity contribution >= 4 is 80.8 Å². The van der Waals surface area contributed by atoms with E-state index in [-0.39, 0.29) is 34.4 Å². The summed E-state index contributed by atoms with van der Waals surface area (Å²) in [5.74, 6) is -2.89. The number of nitrogens with one attached hydrogen (secondary N) is 1. The molecule has 0 aliphatic carbocycles. The van der Waals surface area contributed by atoms with Crippen LogP contribution in [0.15, 0.2) is 26.1 Å². The number of carboxylic acid groups (broad SMARTS) is 2. The zero-order valence-electron chi connectivity index (χ0n) is 19.3. The van der Waals surface area contributed by atoms with Crippen LogP contribution < -0.4 is 11.1 Å². The second kappa shape index (κ2) is 11.1. The van der Waals surface area contributed by atoms with Crippen LogP contribution in [0.2, 0.25) is 0 Å². The molecular weight excluding hydrogens is 565 g/mol. The molecule has 5 N–H and O–H groups in total. The molecular formula is C20H20N6O7S4. The maximum atomic E-state index is 13.0. The summed E-state index contributed by atoms with van der Waals surface area (Å²) in [4.78, 5) is 63.9. The highest BCUT2D eigenvalue weighted by molar-refractivity contribution is 8.01. The van der Waals surface area contributed by atoms with Gasteiger partial charge in [-0.15, -0.1) is 34.4 Å². The number of rotatable bonds is 10. The van der Waals surface area contributed by atoms with E-state index in [2.05, 4.69) is 20.4 Å². The molecule has 13 nitrogen and oxygen atoms in total. The topological polar surface area (TPSA) is 197 Å². The molecule has 0 bridgehead atoms. The number of thiazole rings is 2. The monoisotopic (exact) mass is 584 g/mol. The summed E-state index contributed by atoms with van der Waals surface area (Å²) in [6.45, 7) is 1.72. The lowest BCUT2D eigenvalue weighted by Crippen LogP contribution is -2.71. The second-order valence-electron chi connectivity index (χ2n) is 7.66. The number of aliphatic carboxylic acids is 2. The van der Waals surface area contributed by atoms with Crippen molar-refractivity contribution in [3.05, 3.63) is 32.9 Å². The fourth-order valence-electron chi connectivity index (χ4n) is 3.61. The van der Waals surface area contributed by atoms with Gasteiger partial charge in [0.05, 0.1) is 12.1 Å². The van der Waals surface area contributed by atoms with Crippen LogP contribution in [0.4, 0.5) is 5.13 Å². The molecule has 37 heavy (non-hydrogen) atoms. The molecule has 0 spiro atoms. The van der Waals surface area contributed by atoms with Crippen molar-refractivity contribution in [2.24, 2.45) is 5.16 Å². The molecule has 0 radical (unpaired) electrons. The van der Waals surface area contributed by atoms with Crippen molar-refractivity contribution in [2.45, 2.75) is 29.1 Å². The number of aromatic nitrogens is 2. The minimum Gasteiger partial charge on any atom is -0.481 e. The van der Waals surface area contributed by atoms with Gasteiger partial charge in [0.25, 0.3) is 11.8 Å². The Labute approximate surface area is 226 Å². The molecule has 4 rings (SSSR count). The highest BCUT2D eigenvalue weighted by Gasteiger charge is 2.54. The number of nitrogen functional groups attached to an aromatic ring is 1. The predicted molar refractivity (Wildman–Crippen MR) is 139 cm³/mol. The molecule has 1 fully saturated rings. The first kappa shape index (κ1) is 26.9. The fourth-order valence-corrected chi connectivity index (χ4v) is 7.87. The third-order valence-corrected chi connectivity index (χ3v) is 9.65. The van der Waals surface area contributed by atoms with E-state index < -0.39 is 35.2 Å². The van der Waals surface area contributed by atoms with Crippen LogP contribution in [-0.4, -0.2) is 84.6 Å².